The molecule has 130 valence electrons. The molecule has 0 atom stereocenters. The Bertz CT molecular complexity index is 892. The molecule has 0 amide bonds. The first-order chi connectivity index (χ1) is 12.1. The third-order valence-electron chi connectivity index (χ3n) is 3.52. The largest absolute Gasteiger partial charge is 0.494 e. The number of hydrogen-bond acceptors (Lipinski definition) is 8. The van der Waals surface area contributed by atoms with Gasteiger partial charge in [0.15, 0.2) is 5.82 Å². The smallest absolute Gasteiger partial charge is 0.342 e. The van der Waals surface area contributed by atoms with Gasteiger partial charge >= 0.3 is 5.82 Å². The first kappa shape index (κ1) is 16.9. The standard InChI is InChI=1S/C14H15N7O3S/c1-10-15-9-13(21(22)23)19(10)7-8-25-14-16-17-18-20(14)11-5-3-4-6-12(11)24-2/h3-6,9H,7-8H2,1-2H3. The maximum absolute atomic E-state index is 11.0. The van der Waals surface area contributed by atoms with E-state index >= 15 is 0 Å². The number of para-hydroxylation sites is 2. The third-order valence-corrected chi connectivity index (χ3v) is 4.42. The molecular formula is C14H15N7O3S. The fourth-order valence-corrected chi connectivity index (χ4v) is 3.14. The van der Waals surface area contributed by atoms with E-state index in [1.54, 1.807) is 23.3 Å². The third kappa shape index (κ3) is 3.45. The van der Waals surface area contributed by atoms with Crippen molar-refractivity contribution in [2.24, 2.45) is 0 Å². The van der Waals surface area contributed by atoms with Crippen LogP contribution in [0.25, 0.3) is 5.69 Å². The van der Waals surface area contributed by atoms with E-state index in [9.17, 15) is 10.1 Å². The van der Waals surface area contributed by atoms with Crippen LogP contribution in [0.2, 0.25) is 0 Å². The summed E-state index contributed by atoms with van der Waals surface area (Å²) in [5.74, 6) is 1.77. The highest BCUT2D eigenvalue weighted by molar-refractivity contribution is 7.99. The number of nitro groups is 1. The summed E-state index contributed by atoms with van der Waals surface area (Å²) in [5.41, 5.74) is 0.724. The van der Waals surface area contributed by atoms with Crippen LogP contribution in [0.3, 0.4) is 0 Å². The Morgan fingerprint density at radius 1 is 1.36 bits per heavy atom. The SMILES string of the molecule is COc1ccccc1-n1nnnc1SCCn1c([N+](=O)[O-])cnc1C. The molecule has 0 spiro atoms. The normalized spacial score (nSPS) is 10.8. The van der Waals surface area contributed by atoms with Gasteiger partial charge in [-0.2, -0.15) is 4.68 Å². The Morgan fingerprint density at radius 2 is 2.16 bits per heavy atom. The molecule has 11 heteroatoms. The van der Waals surface area contributed by atoms with Gasteiger partial charge in [0.25, 0.3) is 0 Å². The topological polar surface area (TPSA) is 114 Å². The maximum Gasteiger partial charge on any atom is 0.342 e. The van der Waals surface area contributed by atoms with Crippen LogP contribution in [0.1, 0.15) is 5.82 Å². The van der Waals surface area contributed by atoms with Crippen molar-refractivity contribution in [1.82, 2.24) is 29.8 Å². The van der Waals surface area contributed by atoms with Crippen molar-refractivity contribution in [1.29, 1.82) is 0 Å². The fraction of sp³-hybridized carbons (Fsp3) is 0.286. The van der Waals surface area contributed by atoms with Gasteiger partial charge in [-0.1, -0.05) is 23.9 Å². The molecule has 0 saturated heterocycles. The Kier molecular flexibility index (Phi) is 4.93. The van der Waals surface area contributed by atoms with Gasteiger partial charge in [0.1, 0.15) is 24.2 Å². The molecule has 0 aliphatic heterocycles. The van der Waals surface area contributed by atoms with Crippen molar-refractivity contribution in [2.45, 2.75) is 18.6 Å². The molecule has 2 heterocycles. The van der Waals surface area contributed by atoms with Crippen LogP contribution in [-0.4, -0.2) is 47.5 Å². The second-order valence-corrected chi connectivity index (χ2v) is 6.03. The van der Waals surface area contributed by atoms with E-state index < -0.39 is 4.92 Å². The van der Waals surface area contributed by atoms with Crippen LogP contribution < -0.4 is 4.74 Å². The molecular weight excluding hydrogens is 346 g/mol. The van der Waals surface area contributed by atoms with E-state index in [4.69, 9.17) is 4.74 Å². The lowest BCUT2D eigenvalue weighted by molar-refractivity contribution is -0.392. The molecule has 25 heavy (non-hydrogen) atoms. The van der Waals surface area contributed by atoms with Gasteiger partial charge in [-0.05, 0) is 27.5 Å². The van der Waals surface area contributed by atoms with E-state index in [0.29, 0.717) is 29.0 Å². The van der Waals surface area contributed by atoms with Gasteiger partial charge in [-0.25, -0.2) is 9.55 Å². The first-order valence-corrected chi connectivity index (χ1v) is 8.31. The lowest BCUT2D eigenvalue weighted by Gasteiger charge is -2.08. The van der Waals surface area contributed by atoms with E-state index in [0.717, 1.165) is 5.69 Å². The van der Waals surface area contributed by atoms with Crippen LogP contribution in [0.15, 0.2) is 35.6 Å². The van der Waals surface area contributed by atoms with E-state index in [1.165, 1.54) is 18.0 Å². The van der Waals surface area contributed by atoms with Crippen LogP contribution in [0.4, 0.5) is 5.82 Å². The lowest BCUT2D eigenvalue weighted by atomic mass is 10.3. The number of thioether (sulfide) groups is 1. The molecule has 0 aliphatic carbocycles. The van der Waals surface area contributed by atoms with Gasteiger partial charge in [-0.3, -0.25) is 0 Å². The zero-order valence-corrected chi connectivity index (χ0v) is 14.4. The van der Waals surface area contributed by atoms with Crippen molar-refractivity contribution in [3.05, 3.63) is 46.4 Å². The highest BCUT2D eigenvalue weighted by Gasteiger charge is 2.18. The van der Waals surface area contributed by atoms with Gasteiger partial charge in [0.05, 0.1) is 7.11 Å². The summed E-state index contributed by atoms with van der Waals surface area (Å²) in [6, 6.07) is 7.40. The Hall–Kier alpha value is -2.95. The average molecular weight is 361 g/mol. The first-order valence-electron chi connectivity index (χ1n) is 7.33. The molecule has 0 aliphatic rings. The monoisotopic (exact) mass is 361 g/mol. The number of hydrogen-bond donors (Lipinski definition) is 0. The number of benzene rings is 1. The molecule has 0 bridgehead atoms. The Morgan fingerprint density at radius 3 is 2.92 bits per heavy atom. The second-order valence-electron chi connectivity index (χ2n) is 4.97. The average Bonchev–Trinajstić information content (AvgIpc) is 3.22. The van der Waals surface area contributed by atoms with Crippen LogP contribution in [0.5, 0.6) is 5.75 Å². The number of methoxy groups -OCH3 is 1. The summed E-state index contributed by atoms with van der Waals surface area (Å²) < 4.78 is 8.47. The lowest BCUT2D eigenvalue weighted by Crippen LogP contribution is -2.08. The molecule has 0 N–H and O–H groups in total. The number of ether oxygens (including phenoxy) is 1. The van der Waals surface area contributed by atoms with E-state index in [1.807, 2.05) is 24.3 Å². The zero-order chi connectivity index (χ0) is 17.8. The Labute approximate surface area is 147 Å². The van der Waals surface area contributed by atoms with Crippen LogP contribution >= 0.6 is 11.8 Å². The molecule has 0 unspecified atom stereocenters. The van der Waals surface area contributed by atoms with Crippen LogP contribution in [0, 0.1) is 17.0 Å². The van der Waals surface area contributed by atoms with Crippen molar-refractivity contribution >= 4 is 17.6 Å². The van der Waals surface area contributed by atoms with Crippen molar-refractivity contribution < 1.29 is 9.66 Å². The summed E-state index contributed by atoms with van der Waals surface area (Å²) >= 11 is 1.40. The van der Waals surface area contributed by atoms with Crippen molar-refractivity contribution in [2.75, 3.05) is 12.9 Å². The molecule has 3 aromatic rings. The summed E-state index contributed by atoms with van der Waals surface area (Å²) in [6.07, 6.45) is 1.26. The minimum atomic E-state index is -0.441. The second kappa shape index (κ2) is 7.30. The number of nitrogens with zero attached hydrogens (tertiary/aromatic N) is 7. The van der Waals surface area contributed by atoms with Crippen molar-refractivity contribution in [3.8, 4) is 11.4 Å². The zero-order valence-electron chi connectivity index (χ0n) is 13.6. The molecule has 0 saturated carbocycles. The minimum Gasteiger partial charge on any atom is -0.494 e. The van der Waals surface area contributed by atoms with Crippen LogP contribution in [-0.2, 0) is 6.54 Å². The van der Waals surface area contributed by atoms with Gasteiger partial charge in [0, 0.05) is 12.7 Å². The van der Waals surface area contributed by atoms with Gasteiger partial charge in [-0.15, -0.1) is 5.10 Å². The van der Waals surface area contributed by atoms with Gasteiger partial charge < -0.3 is 14.9 Å². The molecule has 10 nitrogen and oxygen atoms in total. The number of imidazole rings is 1. The molecule has 3 rings (SSSR count). The predicted molar refractivity (Wildman–Crippen MR) is 90.0 cm³/mol. The van der Waals surface area contributed by atoms with E-state index in [-0.39, 0.29) is 5.82 Å². The summed E-state index contributed by atoms with van der Waals surface area (Å²) in [4.78, 5) is 14.6. The Balaban J connectivity index is 1.75. The molecule has 0 fully saturated rings. The molecule has 0 radical (unpaired) electrons. The summed E-state index contributed by atoms with van der Waals surface area (Å²) in [5, 5.41) is 23.3. The summed E-state index contributed by atoms with van der Waals surface area (Å²) in [6.45, 7) is 2.15. The number of aromatic nitrogens is 6. The highest BCUT2D eigenvalue weighted by atomic mass is 32.2. The number of tetrazole rings is 1. The quantitative estimate of drug-likeness (QED) is 0.356. The number of rotatable bonds is 7. The van der Waals surface area contributed by atoms with Crippen molar-refractivity contribution in [3.63, 3.8) is 0 Å². The minimum absolute atomic E-state index is 0.0255. The maximum atomic E-state index is 11.0. The van der Waals surface area contributed by atoms with E-state index in [2.05, 4.69) is 20.5 Å². The molecule has 2 aromatic heterocycles. The highest BCUT2D eigenvalue weighted by Crippen LogP contribution is 2.26. The van der Waals surface area contributed by atoms with Gasteiger partial charge in [0.2, 0.25) is 5.16 Å². The fourth-order valence-electron chi connectivity index (χ4n) is 2.33. The summed E-state index contributed by atoms with van der Waals surface area (Å²) in [7, 11) is 1.58. The predicted octanol–water partition coefficient (Wildman–Crippen LogP) is 1.88. The number of aryl methyl sites for hydroxylation is 1. The molecule has 1 aromatic carbocycles.